The quantitative estimate of drug-likeness (QED) is 0.673. The Labute approximate surface area is 166 Å². The van der Waals surface area contributed by atoms with Crippen LogP contribution in [0.3, 0.4) is 0 Å². The third kappa shape index (κ3) is 3.78. The van der Waals surface area contributed by atoms with Crippen LogP contribution in [0.4, 0.5) is 0 Å². The average Bonchev–Trinajstić information content (AvgIpc) is 3.15. The molecule has 7 heteroatoms. The smallest absolute Gasteiger partial charge is 0.274 e. The monoisotopic (exact) mass is 393 g/mol. The number of thiazole rings is 1. The summed E-state index contributed by atoms with van der Waals surface area (Å²) in [6, 6.07) is 14.6. The van der Waals surface area contributed by atoms with Crippen molar-refractivity contribution in [1.82, 2.24) is 9.88 Å². The van der Waals surface area contributed by atoms with Gasteiger partial charge >= 0.3 is 0 Å². The number of methoxy groups -OCH3 is 1. The van der Waals surface area contributed by atoms with Crippen molar-refractivity contribution in [3.63, 3.8) is 0 Å². The number of carbonyl (C=O) groups excluding carboxylic acids is 1. The lowest BCUT2D eigenvalue weighted by atomic mass is 10.1. The zero-order valence-corrected chi connectivity index (χ0v) is 16.2. The molecule has 6 nitrogen and oxygen atoms in total. The molecule has 0 saturated carbocycles. The Morgan fingerprint density at radius 1 is 1.21 bits per heavy atom. The minimum absolute atomic E-state index is 0.00461. The number of piperidine rings is 1. The normalized spacial score (nSPS) is 14.6. The van der Waals surface area contributed by atoms with Gasteiger partial charge in [0.25, 0.3) is 11.1 Å². The summed E-state index contributed by atoms with van der Waals surface area (Å²) in [5, 5.41) is 9.52. The predicted molar refractivity (Wildman–Crippen MR) is 107 cm³/mol. The van der Waals surface area contributed by atoms with Crippen molar-refractivity contribution >= 4 is 27.5 Å². The van der Waals surface area contributed by atoms with Gasteiger partial charge in [0.1, 0.15) is 11.9 Å². The highest BCUT2D eigenvalue weighted by Crippen LogP contribution is 2.32. The van der Waals surface area contributed by atoms with Crippen molar-refractivity contribution in [3.8, 4) is 17.0 Å². The number of nitrogens with zero attached hydrogens (tertiary/aromatic N) is 3. The number of hydrogen-bond donors (Lipinski definition) is 0. The summed E-state index contributed by atoms with van der Waals surface area (Å²) in [6.45, 7) is 1.28. The molecule has 142 valence electrons. The van der Waals surface area contributed by atoms with E-state index in [0.717, 1.165) is 28.8 Å². The van der Waals surface area contributed by atoms with Gasteiger partial charge in [-0.2, -0.15) is 5.26 Å². The Hall–Kier alpha value is -3.11. The molecular formula is C21H19N3O3S. The standard InChI is InChI=1S/C21H19N3O3S/c1-26-17-6-7-18-19(12-17)28-21(23-18)27-16-8-10-24(11-9-16)20(25)15-4-2-14(13-22)3-5-15/h2-7,12,16H,8-11H2,1H3. The van der Waals surface area contributed by atoms with Gasteiger partial charge in [-0.15, -0.1) is 0 Å². The summed E-state index contributed by atoms with van der Waals surface area (Å²) in [4.78, 5) is 19.0. The van der Waals surface area contributed by atoms with E-state index in [2.05, 4.69) is 11.1 Å². The number of rotatable bonds is 4. The Bertz CT molecular complexity index is 1030. The molecule has 0 radical (unpaired) electrons. The minimum Gasteiger partial charge on any atom is -0.497 e. The van der Waals surface area contributed by atoms with Crippen LogP contribution in [0.25, 0.3) is 10.2 Å². The van der Waals surface area contributed by atoms with Crippen LogP contribution in [-0.4, -0.2) is 42.1 Å². The fourth-order valence-electron chi connectivity index (χ4n) is 3.25. The number of benzene rings is 2. The molecule has 4 rings (SSSR count). The lowest BCUT2D eigenvalue weighted by molar-refractivity contribution is 0.0595. The van der Waals surface area contributed by atoms with Gasteiger partial charge in [0, 0.05) is 31.5 Å². The van der Waals surface area contributed by atoms with Gasteiger partial charge in [-0.05, 0) is 42.5 Å². The number of carbonyl (C=O) groups is 1. The third-order valence-electron chi connectivity index (χ3n) is 4.83. The lowest BCUT2D eigenvalue weighted by Crippen LogP contribution is -2.41. The Morgan fingerprint density at radius 3 is 2.64 bits per heavy atom. The molecule has 0 unspecified atom stereocenters. The van der Waals surface area contributed by atoms with Crippen molar-refractivity contribution < 1.29 is 14.3 Å². The van der Waals surface area contributed by atoms with Crippen LogP contribution < -0.4 is 9.47 Å². The molecule has 1 fully saturated rings. The molecule has 1 aliphatic rings. The molecule has 1 saturated heterocycles. The summed E-state index contributed by atoms with van der Waals surface area (Å²) in [7, 11) is 1.65. The predicted octanol–water partition coefficient (Wildman–Crippen LogP) is 3.86. The summed E-state index contributed by atoms with van der Waals surface area (Å²) in [6.07, 6.45) is 1.58. The number of aromatic nitrogens is 1. The third-order valence-corrected chi connectivity index (χ3v) is 5.74. The van der Waals surface area contributed by atoms with Gasteiger partial charge in [0.15, 0.2) is 0 Å². The molecule has 1 aromatic heterocycles. The van der Waals surface area contributed by atoms with Crippen molar-refractivity contribution in [3.05, 3.63) is 53.6 Å². The largest absolute Gasteiger partial charge is 0.497 e. The highest BCUT2D eigenvalue weighted by atomic mass is 32.1. The van der Waals surface area contributed by atoms with Crippen LogP contribution in [-0.2, 0) is 0 Å². The molecule has 1 aliphatic heterocycles. The first-order valence-electron chi connectivity index (χ1n) is 9.07. The van der Waals surface area contributed by atoms with E-state index in [1.165, 1.54) is 11.3 Å². The van der Waals surface area contributed by atoms with Crippen molar-refractivity contribution in [2.24, 2.45) is 0 Å². The van der Waals surface area contributed by atoms with Crippen LogP contribution in [0.15, 0.2) is 42.5 Å². The molecule has 2 aromatic carbocycles. The molecule has 3 aromatic rings. The number of hydrogen-bond acceptors (Lipinski definition) is 6. The Morgan fingerprint density at radius 2 is 1.96 bits per heavy atom. The summed E-state index contributed by atoms with van der Waals surface area (Å²) in [5.74, 6) is 0.798. The fourth-order valence-corrected chi connectivity index (χ4v) is 4.16. The SMILES string of the molecule is COc1ccc2nc(OC3CCN(C(=O)c4ccc(C#N)cc4)CC3)sc2c1. The van der Waals surface area contributed by atoms with E-state index in [0.29, 0.717) is 29.4 Å². The summed E-state index contributed by atoms with van der Waals surface area (Å²) in [5.41, 5.74) is 2.06. The van der Waals surface area contributed by atoms with E-state index in [1.54, 1.807) is 31.4 Å². The zero-order chi connectivity index (χ0) is 19.5. The Kier molecular flexibility index (Phi) is 5.13. The molecule has 28 heavy (non-hydrogen) atoms. The number of ether oxygens (including phenoxy) is 2. The van der Waals surface area contributed by atoms with Crippen LogP contribution >= 0.6 is 11.3 Å². The van der Waals surface area contributed by atoms with Crippen LogP contribution in [0.1, 0.15) is 28.8 Å². The van der Waals surface area contributed by atoms with E-state index in [4.69, 9.17) is 14.7 Å². The average molecular weight is 393 g/mol. The first-order chi connectivity index (χ1) is 13.7. The molecule has 0 bridgehead atoms. The molecule has 1 amide bonds. The molecule has 0 N–H and O–H groups in total. The zero-order valence-electron chi connectivity index (χ0n) is 15.4. The highest BCUT2D eigenvalue weighted by Gasteiger charge is 2.25. The maximum absolute atomic E-state index is 12.6. The molecule has 0 spiro atoms. The maximum atomic E-state index is 12.6. The molecule has 0 atom stereocenters. The van der Waals surface area contributed by atoms with E-state index in [9.17, 15) is 4.79 Å². The van der Waals surface area contributed by atoms with Crippen LogP contribution in [0, 0.1) is 11.3 Å². The Balaban J connectivity index is 1.36. The second-order valence-electron chi connectivity index (χ2n) is 6.61. The van der Waals surface area contributed by atoms with Gasteiger partial charge in [0.2, 0.25) is 0 Å². The van der Waals surface area contributed by atoms with Gasteiger partial charge in [-0.1, -0.05) is 11.3 Å². The van der Waals surface area contributed by atoms with E-state index < -0.39 is 0 Å². The van der Waals surface area contributed by atoms with Gasteiger partial charge < -0.3 is 14.4 Å². The van der Waals surface area contributed by atoms with Gasteiger partial charge in [-0.3, -0.25) is 4.79 Å². The fraction of sp³-hybridized carbons (Fsp3) is 0.286. The van der Waals surface area contributed by atoms with Crippen molar-refractivity contribution in [1.29, 1.82) is 5.26 Å². The van der Waals surface area contributed by atoms with Crippen molar-refractivity contribution in [2.75, 3.05) is 20.2 Å². The second-order valence-corrected chi connectivity index (χ2v) is 7.61. The van der Waals surface area contributed by atoms with E-state index in [1.807, 2.05) is 23.1 Å². The number of likely N-dealkylation sites (tertiary alicyclic amines) is 1. The maximum Gasteiger partial charge on any atom is 0.274 e. The van der Waals surface area contributed by atoms with Gasteiger partial charge in [0.05, 0.1) is 29.0 Å². The summed E-state index contributed by atoms with van der Waals surface area (Å²) >= 11 is 1.51. The summed E-state index contributed by atoms with van der Waals surface area (Å²) < 4.78 is 12.4. The second kappa shape index (κ2) is 7.87. The molecular weight excluding hydrogens is 374 g/mol. The highest BCUT2D eigenvalue weighted by molar-refractivity contribution is 7.20. The first-order valence-corrected chi connectivity index (χ1v) is 9.88. The van der Waals surface area contributed by atoms with E-state index >= 15 is 0 Å². The number of fused-ring (bicyclic) bond motifs is 1. The van der Waals surface area contributed by atoms with Crippen molar-refractivity contribution in [2.45, 2.75) is 18.9 Å². The number of amides is 1. The van der Waals surface area contributed by atoms with Crippen LogP contribution in [0.5, 0.6) is 10.9 Å². The molecule has 2 heterocycles. The first kappa shape index (κ1) is 18.3. The number of nitriles is 1. The van der Waals surface area contributed by atoms with Crippen LogP contribution in [0.2, 0.25) is 0 Å². The topological polar surface area (TPSA) is 75.5 Å². The molecule has 0 aliphatic carbocycles. The minimum atomic E-state index is -0.00461. The lowest BCUT2D eigenvalue weighted by Gasteiger charge is -2.31. The van der Waals surface area contributed by atoms with E-state index in [-0.39, 0.29) is 12.0 Å². The van der Waals surface area contributed by atoms with Gasteiger partial charge in [-0.25, -0.2) is 4.98 Å².